The molecule has 6 nitrogen and oxygen atoms in total. The highest BCUT2D eigenvalue weighted by Gasteiger charge is 2.25. The topological polar surface area (TPSA) is 86.7 Å². The molecule has 0 aromatic heterocycles. The molecule has 0 aliphatic carbocycles. The van der Waals surface area contributed by atoms with Crippen molar-refractivity contribution in [3.8, 4) is 0 Å². The number of rotatable bonds is 6. The van der Waals surface area contributed by atoms with E-state index in [2.05, 4.69) is 5.32 Å². The summed E-state index contributed by atoms with van der Waals surface area (Å²) in [4.78, 5) is 12.1. The molecule has 1 fully saturated rings. The number of aliphatic hydroxyl groups is 1. The molecule has 122 valence electrons. The van der Waals surface area contributed by atoms with E-state index in [1.54, 1.807) is 0 Å². The van der Waals surface area contributed by atoms with E-state index in [0.717, 1.165) is 19.3 Å². The number of nitrogens with one attached hydrogen (secondary N) is 1. The maximum absolute atomic E-state index is 12.5. The number of benzene rings is 1. The van der Waals surface area contributed by atoms with Crippen molar-refractivity contribution in [2.45, 2.75) is 30.6 Å². The molecule has 1 aromatic carbocycles. The van der Waals surface area contributed by atoms with E-state index in [0.29, 0.717) is 31.6 Å². The van der Waals surface area contributed by atoms with Gasteiger partial charge in [-0.25, -0.2) is 8.42 Å². The second-order valence-electron chi connectivity index (χ2n) is 5.32. The Morgan fingerprint density at radius 3 is 2.36 bits per heavy atom. The van der Waals surface area contributed by atoms with Gasteiger partial charge < -0.3 is 10.4 Å². The molecule has 2 N–H and O–H groups in total. The summed E-state index contributed by atoms with van der Waals surface area (Å²) in [5.74, 6) is -0.268. The zero-order valence-corrected chi connectivity index (χ0v) is 13.3. The van der Waals surface area contributed by atoms with Crippen LogP contribution in [0.4, 0.5) is 0 Å². The van der Waals surface area contributed by atoms with Crippen LogP contribution in [0, 0.1) is 0 Å². The van der Waals surface area contributed by atoms with Crippen LogP contribution in [0.3, 0.4) is 0 Å². The summed E-state index contributed by atoms with van der Waals surface area (Å²) in [5.41, 5.74) is 0.413. The summed E-state index contributed by atoms with van der Waals surface area (Å²) < 4.78 is 26.5. The van der Waals surface area contributed by atoms with Gasteiger partial charge in [-0.15, -0.1) is 0 Å². The van der Waals surface area contributed by atoms with Crippen molar-refractivity contribution in [2.24, 2.45) is 0 Å². The first kappa shape index (κ1) is 16.9. The maximum atomic E-state index is 12.5. The van der Waals surface area contributed by atoms with E-state index in [9.17, 15) is 13.2 Å². The second-order valence-corrected chi connectivity index (χ2v) is 7.26. The highest BCUT2D eigenvalue weighted by atomic mass is 32.2. The third-order valence-electron chi connectivity index (χ3n) is 3.69. The zero-order chi connectivity index (χ0) is 16.0. The number of amides is 1. The van der Waals surface area contributed by atoms with Crippen LogP contribution in [-0.4, -0.2) is 50.0 Å². The van der Waals surface area contributed by atoms with Crippen molar-refractivity contribution in [3.63, 3.8) is 0 Å². The predicted molar refractivity (Wildman–Crippen MR) is 83.1 cm³/mol. The Hall–Kier alpha value is -1.44. The number of piperidine rings is 1. The van der Waals surface area contributed by atoms with Crippen molar-refractivity contribution >= 4 is 15.9 Å². The van der Waals surface area contributed by atoms with Crippen LogP contribution in [0.2, 0.25) is 0 Å². The van der Waals surface area contributed by atoms with Crippen LogP contribution >= 0.6 is 0 Å². The minimum atomic E-state index is -3.46. The van der Waals surface area contributed by atoms with Gasteiger partial charge in [0.1, 0.15) is 0 Å². The molecule has 1 heterocycles. The fourth-order valence-electron chi connectivity index (χ4n) is 2.42. The van der Waals surface area contributed by atoms with Gasteiger partial charge in [0.05, 0.1) is 4.90 Å². The van der Waals surface area contributed by atoms with Gasteiger partial charge in [0.25, 0.3) is 5.91 Å². The molecule has 0 radical (unpaired) electrons. The molecule has 1 amide bonds. The van der Waals surface area contributed by atoms with Crippen molar-refractivity contribution in [3.05, 3.63) is 29.8 Å². The lowest BCUT2D eigenvalue weighted by Gasteiger charge is -2.25. The van der Waals surface area contributed by atoms with Gasteiger partial charge >= 0.3 is 0 Å². The fraction of sp³-hybridized carbons (Fsp3) is 0.533. The third-order valence-corrected chi connectivity index (χ3v) is 5.60. The predicted octanol–water partition coefficient (Wildman–Crippen LogP) is 0.973. The Kier molecular flexibility index (Phi) is 5.93. The highest BCUT2D eigenvalue weighted by molar-refractivity contribution is 7.89. The van der Waals surface area contributed by atoms with Crippen LogP contribution in [0.1, 0.15) is 36.0 Å². The molecule has 1 aromatic rings. The molecule has 22 heavy (non-hydrogen) atoms. The second kappa shape index (κ2) is 7.71. The molecule has 1 saturated heterocycles. The summed E-state index contributed by atoms with van der Waals surface area (Å²) in [6, 6.07) is 5.99. The van der Waals surface area contributed by atoms with Crippen molar-refractivity contribution in [1.29, 1.82) is 0 Å². The summed E-state index contributed by atoms with van der Waals surface area (Å²) in [5, 5.41) is 11.3. The van der Waals surface area contributed by atoms with Gasteiger partial charge in [-0.2, -0.15) is 4.31 Å². The van der Waals surface area contributed by atoms with Gasteiger partial charge in [-0.3, -0.25) is 4.79 Å². The maximum Gasteiger partial charge on any atom is 0.251 e. The van der Waals surface area contributed by atoms with Gasteiger partial charge in [-0.1, -0.05) is 6.42 Å². The Morgan fingerprint density at radius 2 is 1.77 bits per heavy atom. The molecule has 0 unspecified atom stereocenters. The van der Waals surface area contributed by atoms with Gasteiger partial charge in [0, 0.05) is 31.8 Å². The molecule has 0 bridgehead atoms. The lowest BCUT2D eigenvalue weighted by molar-refractivity contribution is 0.0951. The fourth-order valence-corrected chi connectivity index (χ4v) is 3.93. The van der Waals surface area contributed by atoms with Crippen LogP contribution < -0.4 is 5.32 Å². The molecule has 1 aliphatic rings. The molecule has 0 saturated carbocycles. The smallest absolute Gasteiger partial charge is 0.251 e. The lowest BCUT2D eigenvalue weighted by atomic mass is 10.2. The summed E-state index contributed by atoms with van der Waals surface area (Å²) >= 11 is 0. The van der Waals surface area contributed by atoms with Gasteiger partial charge in [0.2, 0.25) is 10.0 Å². The number of sulfonamides is 1. The minimum absolute atomic E-state index is 0.0211. The zero-order valence-electron chi connectivity index (χ0n) is 12.5. The SMILES string of the molecule is O=C(NCCCO)c1ccc(S(=O)(=O)N2CCCCC2)cc1. The average Bonchev–Trinajstić information content (AvgIpc) is 2.56. The quantitative estimate of drug-likeness (QED) is 0.763. The largest absolute Gasteiger partial charge is 0.396 e. The van der Waals surface area contributed by atoms with E-state index in [4.69, 9.17) is 5.11 Å². The first-order valence-corrected chi connectivity index (χ1v) is 8.99. The van der Waals surface area contributed by atoms with Crippen LogP contribution in [-0.2, 0) is 10.0 Å². The van der Waals surface area contributed by atoms with Crippen LogP contribution in [0.15, 0.2) is 29.2 Å². The van der Waals surface area contributed by atoms with E-state index in [1.807, 2.05) is 0 Å². The average molecular weight is 326 g/mol. The minimum Gasteiger partial charge on any atom is -0.396 e. The third kappa shape index (κ3) is 4.06. The number of carbonyl (C=O) groups is 1. The first-order valence-electron chi connectivity index (χ1n) is 7.55. The van der Waals surface area contributed by atoms with Crippen LogP contribution in [0.25, 0.3) is 0 Å². The Labute approximate surface area is 131 Å². The van der Waals surface area contributed by atoms with E-state index in [-0.39, 0.29) is 17.4 Å². The Morgan fingerprint density at radius 1 is 1.14 bits per heavy atom. The summed E-state index contributed by atoms with van der Waals surface area (Å²) in [7, 11) is -3.46. The Bertz CT molecular complexity index is 592. The number of carbonyl (C=O) groups excluding carboxylic acids is 1. The van der Waals surface area contributed by atoms with Gasteiger partial charge in [0.15, 0.2) is 0 Å². The molecular formula is C15H22N2O4S. The monoisotopic (exact) mass is 326 g/mol. The number of nitrogens with zero attached hydrogens (tertiary/aromatic N) is 1. The van der Waals surface area contributed by atoms with E-state index in [1.165, 1.54) is 28.6 Å². The lowest BCUT2D eigenvalue weighted by Crippen LogP contribution is -2.35. The number of hydrogen-bond donors (Lipinski definition) is 2. The molecule has 0 spiro atoms. The molecule has 7 heteroatoms. The number of aliphatic hydroxyl groups excluding tert-OH is 1. The van der Waals surface area contributed by atoms with Crippen LogP contribution in [0.5, 0.6) is 0 Å². The van der Waals surface area contributed by atoms with E-state index < -0.39 is 10.0 Å². The molecular weight excluding hydrogens is 304 g/mol. The molecule has 2 rings (SSSR count). The van der Waals surface area contributed by atoms with Crippen molar-refractivity contribution in [2.75, 3.05) is 26.2 Å². The van der Waals surface area contributed by atoms with Crippen molar-refractivity contribution < 1.29 is 18.3 Å². The van der Waals surface area contributed by atoms with Crippen molar-refractivity contribution in [1.82, 2.24) is 9.62 Å². The first-order chi connectivity index (χ1) is 10.6. The normalized spacial score (nSPS) is 16.4. The Balaban J connectivity index is 2.06. The van der Waals surface area contributed by atoms with Gasteiger partial charge in [-0.05, 0) is 43.5 Å². The number of hydrogen-bond acceptors (Lipinski definition) is 4. The molecule has 0 atom stereocenters. The van der Waals surface area contributed by atoms with E-state index >= 15 is 0 Å². The summed E-state index contributed by atoms with van der Waals surface area (Å²) in [6.07, 6.45) is 3.35. The highest BCUT2D eigenvalue weighted by Crippen LogP contribution is 2.20. The standard InChI is InChI=1S/C15H22N2O4S/c18-12-4-9-16-15(19)13-5-7-14(8-6-13)22(20,21)17-10-2-1-3-11-17/h5-8,18H,1-4,9-12H2,(H,16,19). The molecule has 1 aliphatic heterocycles. The summed E-state index contributed by atoms with van der Waals surface area (Å²) in [6.45, 7) is 1.54.